The number of nitrogens with one attached hydrogen (secondary N) is 1. The molecule has 2 aromatic carbocycles. The molecule has 2 aromatic rings. The number of hydrazone groups is 1. The summed E-state index contributed by atoms with van der Waals surface area (Å²) >= 11 is 6.08. The van der Waals surface area contributed by atoms with Crippen LogP contribution in [0.15, 0.2) is 53.6 Å². The first kappa shape index (κ1) is 14.1. The summed E-state index contributed by atoms with van der Waals surface area (Å²) in [5, 5.41) is 15.5. The molecule has 0 spiro atoms. The van der Waals surface area contributed by atoms with Gasteiger partial charge in [0.05, 0.1) is 17.4 Å². The fourth-order valence-electron chi connectivity index (χ4n) is 1.64. The van der Waals surface area contributed by atoms with Crippen LogP contribution in [0.1, 0.15) is 22.8 Å². The maximum absolute atomic E-state index is 10.6. The molecule has 0 atom stereocenters. The smallest absolute Gasteiger partial charge is 0.0715 e. The molecule has 5 heteroatoms. The molecule has 20 heavy (non-hydrogen) atoms. The summed E-state index contributed by atoms with van der Waals surface area (Å²) in [6, 6.07) is 13.6. The van der Waals surface area contributed by atoms with E-state index in [0.29, 0.717) is 10.7 Å². The van der Waals surface area contributed by atoms with Crippen LogP contribution in [0.25, 0.3) is 0 Å². The summed E-state index contributed by atoms with van der Waals surface area (Å²) in [4.78, 5) is 10.6. The molecule has 0 saturated heterocycles. The fraction of sp³-hybridized carbons (Fsp3) is 0.0667. The monoisotopic (exact) mass is 287 g/mol. The maximum Gasteiger partial charge on any atom is 0.0715 e. The van der Waals surface area contributed by atoms with Gasteiger partial charge in [-0.1, -0.05) is 41.9 Å². The van der Waals surface area contributed by atoms with E-state index in [2.05, 4.69) is 10.5 Å². The van der Waals surface area contributed by atoms with Crippen LogP contribution in [0.4, 0.5) is 5.69 Å². The SMILES string of the molecule is C/C(=N/Nc1ccc(C(=O)[O-])cc1)c1ccccc1Cl. The lowest BCUT2D eigenvalue weighted by Gasteiger charge is -2.06. The Labute approximate surface area is 121 Å². The van der Waals surface area contributed by atoms with Gasteiger partial charge in [-0.2, -0.15) is 5.10 Å². The maximum atomic E-state index is 10.6. The van der Waals surface area contributed by atoms with Gasteiger partial charge in [-0.3, -0.25) is 5.43 Å². The lowest BCUT2D eigenvalue weighted by Crippen LogP contribution is -2.21. The second-order valence-electron chi connectivity index (χ2n) is 4.15. The number of hydrogen-bond donors (Lipinski definition) is 1. The average molecular weight is 288 g/mol. The highest BCUT2D eigenvalue weighted by atomic mass is 35.5. The molecule has 0 fully saturated rings. The van der Waals surface area contributed by atoms with E-state index >= 15 is 0 Å². The zero-order chi connectivity index (χ0) is 14.5. The Morgan fingerprint density at radius 1 is 1.15 bits per heavy atom. The Bertz CT molecular complexity index is 651. The molecular weight excluding hydrogens is 276 g/mol. The van der Waals surface area contributed by atoms with Crippen molar-refractivity contribution in [3.63, 3.8) is 0 Å². The van der Waals surface area contributed by atoms with E-state index in [-0.39, 0.29) is 5.56 Å². The quantitative estimate of drug-likeness (QED) is 0.694. The van der Waals surface area contributed by atoms with Crippen LogP contribution in [0.5, 0.6) is 0 Å². The molecule has 0 aliphatic carbocycles. The molecule has 0 aliphatic heterocycles. The highest BCUT2D eigenvalue weighted by molar-refractivity contribution is 6.34. The van der Waals surface area contributed by atoms with Crippen LogP contribution < -0.4 is 10.5 Å². The third-order valence-electron chi connectivity index (χ3n) is 2.74. The van der Waals surface area contributed by atoms with Crippen molar-refractivity contribution in [2.24, 2.45) is 5.10 Å². The summed E-state index contributed by atoms with van der Waals surface area (Å²) in [5.41, 5.74) is 5.24. The Balaban J connectivity index is 2.13. The highest BCUT2D eigenvalue weighted by Crippen LogP contribution is 2.16. The summed E-state index contributed by atoms with van der Waals surface area (Å²) < 4.78 is 0. The molecule has 0 radical (unpaired) electrons. The number of carbonyl (C=O) groups is 1. The number of halogens is 1. The number of carbonyl (C=O) groups excluding carboxylic acids is 1. The van der Waals surface area contributed by atoms with Crippen LogP contribution in [0.3, 0.4) is 0 Å². The van der Waals surface area contributed by atoms with Crippen molar-refractivity contribution in [3.05, 3.63) is 64.7 Å². The third kappa shape index (κ3) is 3.36. The topological polar surface area (TPSA) is 64.5 Å². The number of carboxylic acids is 1. The minimum atomic E-state index is -1.20. The molecule has 0 saturated carbocycles. The van der Waals surface area contributed by atoms with Crippen molar-refractivity contribution in [2.75, 3.05) is 5.43 Å². The van der Waals surface area contributed by atoms with E-state index in [1.807, 2.05) is 25.1 Å². The van der Waals surface area contributed by atoms with Gasteiger partial charge in [0.25, 0.3) is 0 Å². The summed E-state index contributed by atoms with van der Waals surface area (Å²) in [6.07, 6.45) is 0. The zero-order valence-electron chi connectivity index (χ0n) is 10.8. The third-order valence-corrected chi connectivity index (χ3v) is 3.07. The number of hydrogen-bond acceptors (Lipinski definition) is 4. The van der Waals surface area contributed by atoms with Crippen LogP contribution in [0, 0.1) is 0 Å². The molecule has 4 nitrogen and oxygen atoms in total. The molecule has 0 unspecified atom stereocenters. The van der Waals surface area contributed by atoms with E-state index in [1.165, 1.54) is 12.1 Å². The number of carboxylic acid groups (broad SMARTS) is 1. The van der Waals surface area contributed by atoms with Gasteiger partial charge in [-0.05, 0) is 30.7 Å². The van der Waals surface area contributed by atoms with Crippen molar-refractivity contribution < 1.29 is 9.90 Å². The zero-order valence-corrected chi connectivity index (χ0v) is 11.5. The number of benzene rings is 2. The van der Waals surface area contributed by atoms with Gasteiger partial charge in [0.15, 0.2) is 0 Å². The van der Waals surface area contributed by atoms with Crippen molar-refractivity contribution in [1.82, 2.24) is 0 Å². The minimum absolute atomic E-state index is 0.127. The van der Waals surface area contributed by atoms with E-state index in [0.717, 1.165) is 11.3 Å². The van der Waals surface area contributed by atoms with Crippen LogP contribution in [-0.4, -0.2) is 11.7 Å². The summed E-state index contributed by atoms with van der Waals surface area (Å²) in [6.45, 7) is 1.84. The first-order valence-electron chi connectivity index (χ1n) is 5.94. The van der Waals surface area contributed by atoms with Gasteiger partial charge < -0.3 is 9.90 Å². The number of aromatic carboxylic acids is 1. The Hall–Kier alpha value is -2.33. The van der Waals surface area contributed by atoms with Gasteiger partial charge in [-0.15, -0.1) is 0 Å². The van der Waals surface area contributed by atoms with Crippen molar-refractivity contribution in [2.45, 2.75) is 6.92 Å². The first-order valence-corrected chi connectivity index (χ1v) is 6.32. The lowest BCUT2D eigenvalue weighted by atomic mass is 10.1. The Morgan fingerprint density at radius 3 is 2.40 bits per heavy atom. The van der Waals surface area contributed by atoms with Crippen LogP contribution in [-0.2, 0) is 0 Å². The van der Waals surface area contributed by atoms with E-state index in [9.17, 15) is 9.90 Å². The number of rotatable bonds is 4. The predicted molar refractivity (Wildman–Crippen MR) is 78.1 cm³/mol. The normalized spacial score (nSPS) is 11.2. The largest absolute Gasteiger partial charge is 0.545 e. The minimum Gasteiger partial charge on any atom is -0.545 e. The average Bonchev–Trinajstić information content (AvgIpc) is 2.45. The molecule has 0 bridgehead atoms. The molecule has 102 valence electrons. The Kier molecular flexibility index (Phi) is 4.38. The van der Waals surface area contributed by atoms with Crippen LogP contribution in [0.2, 0.25) is 5.02 Å². The molecule has 0 amide bonds. The van der Waals surface area contributed by atoms with Gasteiger partial charge >= 0.3 is 0 Å². The molecule has 0 aromatic heterocycles. The summed E-state index contributed by atoms with van der Waals surface area (Å²) in [7, 11) is 0. The van der Waals surface area contributed by atoms with Gasteiger partial charge in [0.2, 0.25) is 0 Å². The van der Waals surface area contributed by atoms with Crippen molar-refractivity contribution in [3.8, 4) is 0 Å². The second kappa shape index (κ2) is 6.21. The van der Waals surface area contributed by atoms with Crippen molar-refractivity contribution in [1.29, 1.82) is 0 Å². The van der Waals surface area contributed by atoms with Gasteiger partial charge in [-0.25, -0.2) is 0 Å². The lowest BCUT2D eigenvalue weighted by molar-refractivity contribution is -0.255. The molecule has 0 aliphatic rings. The van der Waals surface area contributed by atoms with Gasteiger partial charge in [0, 0.05) is 10.6 Å². The first-order chi connectivity index (χ1) is 9.58. The van der Waals surface area contributed by atoms with E-state index in [4.69, 9.17) is 11.6 Å². The van der Waals surface area contributed by atoms with E-state index < -0.39 is 5.97 Å². The number of anilines is 1. The Morgan fingerprint density at radius 2 is 1.80 bits per heavy atom. The van der Waals surface area contributed by atoms with E-state index in [1.54, 1.807) is 18.2 Å². The standard InChI is InChI=1S/C15H13ClN2O2/c1-10(13-4-2-3-5-14(13)16)17-18-12-8-6-11(7-9-12)15(19)20/h2-9,18H,1H3,(H,19,20)/p-1/b17-10-. The van der Waals surface area contributed by atoms with Crippen LogP contribution >= 0.6 is 11.6 Å². The molecular formula is C15H12ClN2O2-. The highest BCUT2D eigenvalue weighted by Gasteiger charge is 2.02. The van der Waals surface area contributed by atoms with Gasteiger partial charge in [0.1, 0.15) is 0 Å². The molecule has 0 heterocycles. The van der Waals surface area contributed by atoms with Crippen molar-refractivity contribution >= 4 is 29.0 Å². The second-order valence-corrected chi connectivity index (χ2v) is 4.56. The summed E-state index contributed by atoms with van der Waals surface area (Å²) in [5.74, 6) is -1.20. The predicted octanol–water partition coefficient (Wildman–Crippen LogP) is 2.54. The molecule has 2 rings (SSSR count). The molecule has 1 N–H and O–H groups in total. The number of nitrogens with zero attached hydrogens (tertiary/aromatic N) is 1. The fourth-order valence-corrected chi connectivity index (χ4v) is 1.92.